The second-order valence-corrected chi connectivity index (χ2v) is 7.22. The molecule has 156 valence electrons. The highest BCUT2D eigenvalue weighted by molar-refractivity contribution is 6.35. The molecule has 0 saturated carbocycles. The van der Waals surface area contributed by atoms with E-state index >= 15 is 0 Å². The molecule has 31 heavy (non-hydrogen) atoms. The van der Waals surface area contributed by atoms with Crippen molar-refractivity contribution in [2.45, 2.75) is 6.61 Å². The zero-order chi connectivity index (χ0) is 22.2. The van der Waals surface area contributed by atoms with Gasteiger partial charge in [0.2, 0.25) is 0 Å². The molecule has 0 aliphatic carbocycles. The Morgan fingerprint density at radius 3 is 2.19 bits per heavy atom. The predicted octanol–water partition coefficient (Wildman–Crippen LogP) is 6.13. The summed E-state index contributed by atoms with van der Waals surface area (Å²) < 4.78 is 10.8. The number of hydrogen-bond donors (Lipinski definition) is 1. The molecule has 3 rings (SSSR count). The zero-order valence-corrected chi connectivity index (χ0v) is 18.1. The van der Waals surface area contributed by atoms with Crippen LogP contribution in [0.5, 0.6) is 11.5 Å². The van der Waals surface area contributed by atoms with E-state index in [1.165, 1.54) is 6.08 Å². The minimum absolute atomic E-state index is 0.0210. The van der Waals surface area contributed by atoms with E-state index in [1.807, 2.05) is 6.07 Å². The van der Waals surface area contributed by atoms with Crippen LogP contribution >= 0.6 is 23.2 Å². The van der Waals surface area contributed by atoms with Crippen molar-refractivity contribution in [3.63, 3.8) is 0 Å². The molecule has 0 fully saturated rings. The molecule has 7 heteroatoms. The van der Waals surface area contributed by atoms with Crippen molar-refractivity contribution in [3.8, 4) is 17.6 Å². The van der Waals surface area contributed by atoms with Gasteiger partial charge in [0.15, 0.2) is 0 Å². The summed E-state index contributed by atoms with van der Waals surface area (Å²) in [5.74, 6) is 0.781. The molecule has 3 aromatic rings. The highest BCUT2D eigenvalue weighted by Gasteiger charge is 2.10. The number of carbonyl (C=O) groups is 1. The molecule has 0 aromatic heterocycles. The molecule has 0 bridgehead atoms. The molecule has 0 spiro atoms. The van der Waals surface area contributed by atoms with E-state index < -0.39 is 5.91 Å². The summed E-state index contributed by atoms with van der Waals surface area (Å²) in [5, 5.41) is 13.1. The van der Waals surface area contributed by atoms with Crippen LogP contribution in [0.1, 0.15) is 11.1 Å². The van der Waals surface area contributed by atoms with Gasteiger partial charge in [0.05, 0.1) is 7.11 Å². The van der Waals surface area contributed by atoms with Crippen LogP contribution in [0.3, 0.4) is 0 Å². The van der Waals surface area contributed by atoms with E-state index in [0.29, 0.717) is 38.4 Å². The number of rotatable bonds is 7. The largest absolute Gasteiger partial charge is 0.497 e. The maximum atomic E-state index is 12.4. The van der Waals surface area contributed by atoms with Crippen LogP contribution in [0.25, 0.3) is 6.08 Å². The number of nitrogens with zero attached hydrogens (tertiary/aromatic N) is 1. The molecule has 0 unspecified atom stereocenters. The Balaban J connectivity index is 1.65. The lowest BCUT2D eigenvalue weighted by Crippen LogP contribution is -2.13. The van der Waals surface area contributed by atoms with E-state index in [2.05, 4.69) is 5.32 Å². The zero-order valence-electron chi connectivity index (χ0n) is 16.6. The van der Waals surface area contributed by atoms with Crippen LogP contribution in [0.15, 0.2) is 72.3 Å². The summed E-state index contributed by atoms with van der Waals surface area (Å²) in [6, 6.07) is 21.0. The van der Waals surface area contributed by atoms with Gasteiger partial charge in [-0.3, -0.25) is 4.79 Å². The van der Waals surface area contributed by atoms with Gasteiger partial charge in [0.1, 0.15) is 29.7 Å². The topological polar surface area (TPSA) is 71.3 Å². The fraction of sp³-hybridized carbons (Fsp3) is 0.0833. The second kappa shape index (κ2) is 10.5. The predicted molar refractivity (Wildman–Crippen MR) is 122 cm³/mol. The van der Waals surface area contributed by atoms with Crippen molar-refractivity contribution in [2.24, 2.45) is 0 Å². The Morgan fingerprint density at radius 2 is 1.61 bits per heavy atom. The monoisotopic (exact) mass is 452 g/mol. The molecule has 0 heterocycles. The molecule has 0 aliphatic rings. The van der Waals surface area contributed by atoms with Gasteiger partial charge >= 0.3 is 0 Å². The lowest BCUT2D eigenvalue weighted by molar-refractivity contribution is -0.112. The van der Waals surface area contributed by atoms with Crippen molar-refractivity contribution >= 4 is 40.9 Å². The first-order valence-electron chi connectivity index (χ1n) is 9.23. The molecule has 1 amide bonds. The van der Waals surface area contributed by atoms with Gasteiger partial charge in [-0.2, -0.15) is 5.26 Å². The van der Waals surface area contributed by atoms with Crippen molar-refractivity contribution < 1.29 is 14.3 Å². The fourth-order valence-electron chi connectivity index (χ4n) is 2.67. The summed E-state index contributed by atoms with van der Waals surface area (Å²) in [6.07, 6.45) is 1.51. The van der Waals surface area contributed by atoms with Gasteiger partial charge < -0.3 is 14.8 Å². The second-order valence-electron chi connectivity index (χ2n) is 6.41. The number of halogens is 2. The number of nitrogens with one attached hydrogen (secondary N) is 1. The smallest absolute Gasteiger partial charge is 0.266 e. The molecule has 1 N–H and O–H groups in total. The van der Waals surface area contributed by atoms with Gasteiger partial charge in [-0.1, -0.05) is 41.4 Å². The maximum Gasteiger partial charge on any atom is 0.266 e. The minimum atomic E-state index is -0.499. The van der Waals surface area contributed by atoms with Crippen LogP contribution in [-0.2, 0) is 11.4 Å². The van der Waals surface area contributed by atoms with Gasteiger partial charge in [-0.25, -0.2) is 0 Å². The average molecular weight is 453 g/mol. The SMILES string of the molecule is COc1ccc(NC(=O)/C(C#N)=C\c2ccc(OCc3c(Cl)cccc3Cl)cc2)cc1. The number of nitriles is 1. The van der Waals surface area contributed by atoms with Crippen molar-refractivity contribution in [1.82, 2.24) is 0 Å². The summed E-state index contributed by atoms with van der Waals surface area (Å²) in [5.41, 5.74) is 1.93. The highest BCUT2D eigenvalue weighted by atomic mass is 35.5. The van der Waals surface area contributed by atoms with Crippen LogP contribution in [-0.4, -0.2) is 13.0 Å². The van der Waals surface area contributed by atoms with E-state index in [1.54, 1.807) is 73.8 Å². The van der Waals surface area contributed by atoms with Crippen molar-refractivity contribution in [3.05, 3.63) is 93.5 Å². The lowest BCUT2D eigenvalue weighted by atomic mass is 10.1. The standard InChI is InChI=1S/C24H18Cl2N2O3/c1-30-19-11-7-18(8-12-19)28-24(29)17(14-27)13-16-5-9-20(10-6-16)31-15-21-22(25)3-2-4-23(21)26/h2-13H,15H2,1H3,(H,28,29)/b17-13-. The average Bonchev–Trinajstić information content (AvgIpc) is 2.78. The van der Waals surface area contributed by atoms with Crippen molar-refractivity contribution in [2.75, 3.05) is 12.4 Å². The van der Waals surface area contributed by atoms with Crippen molar-refractivity contribution in [1.29, 1.82) is 5.26 Å². The third-order valence-corrected chi connectivity index (χ3v) is 5.06. The van der Waals surface area contributed by atoms with Gasteiger partial charge in [0, 0.05) is 21.3 Å². The maximum absolute atomic E-state index is 12.4. The van der Waals surface area contributed by atoms with E-state index in [9.17, 15) is 10.1 Å². The molecule has 0 radical (unpaired) electrons. The molecule has 0 aliphatic heterocycles. The summed E-state index contributed by atoms with van der Waals surface area (Å²) in [4.78, 5) is 12.4. The minimum Gasteiger partial charge on any atom is -0.497 e. The van der Waals surface area contributed by atoms with Crippen LogP contribution < -0.4 is 14.8 Å². The van der Waals surface area contributed by atoms with Gasteiger partial charge in [0.25, 0.3) is 5.91 Å². The molecule has 3 aromatic carbocycles. The Labute approximate surface area is 190 Å². The Hall–Kier alpha value is -3.46. The Bertz CT molecular complexity index is 1110. The van der Waals surface area contributed by atoms with Crippen LogP contribution in [0.2, 0.25) is 10.0 Å². The van der Waals surface area contributed by atoms with E-state index in [0.717, 1.165) is 0 Å². The summed E-state index contributed by atoms with van der Waals surface area (Å²) >= 11 is 12.3. The summed E-state index contributed by atoms with van der Waals surface area (Å²) in [7, 11) is 1.56. The first-order chi connectivity index (χ1) is 15.0. The number of carbonyl (C=O) groups excluding carboxylic acids is 1. The fourth-order valence-corrected chi connectivity index (χ4v) is 3.18. The number of ether oxygens (including phenoxy) is 2. The number of amides is 1. The molecule has 5 nitrogen and oxygen atoms in total. The van der Waals surface area contributed by atoms with E-state index in [4.69, 9.17) is 32.7 Å². The Kier molecular flexibility index (Phi) is 7.55. The molecule has 0 atom stereocenters. The van der Waals surface area contributed by atoms with Gasteiger partial charge in [-0.15, -0.1) is 0 Å². The molecular weight excluding hydrogens is 435 g/mol. The number of benzene rings is 3. The molecular formula is C24H18Cl2N2O3. The first-order valence-corrected chi connectivity index (χ1v) is 9.98. The highest BCUT2D eigenvalue weighted by Crippen LogP contribution is 2.26. The van der Waals surface area contributed by atoms with Crippen LogP contribution in [0, 0.1) is 11.3 Å². The van der Waals surface area contributed by atoms with E-state index in [-0.39, 0.29) is 12.2 Å². The summed E-state index contributed by atoms with van der Waals surface area (Å²) in [6.45, 7) is 0.224. The third-order valence-electron chi connectivity index (χ3n) is 4.35. The Morgan fingerprint density at radius 1 is 1.00 bits per heavy atom. The lowest BCUT2D eigenvalue weighted by Gasteiger charge is -2.09. The normalized spacial score (nSPS) is 10.8. The third kappa shape index (κ3) is 6.02. The quantitative estimate of drug-likeness (QED) is 0.345. The number of anilines is 1. The first kappa shape index (κ1) is 22.2. The van der Waals surface area contributed by atoms with Gasteiger partial charge in [-0.05, 0) is 60.2 Å². The van der Waals surface area contributed by atoms with Crippen LogP contribution in [0.4, 0.5) is 5.69 Å². The number of methoxy groups -OCH3 is 1. The number of hydrogen-bond acceptors (Lipinski definition) is 4. The molecule has 0 saturated heterocycles.